The van der Waals surface area contributed by atoms with Crippen molar-refractivity contribution in [3.8, 4) is 11.3 Å². The van der Waals surface area contributed by atoms with Gasteiger partial charge in [0.2, 0.25) is 0 Å². The van der Waals surface area contributed by atoms with Crippen LogP contribution < -0.4 is 5.73 Å². The van der Waals surface area contributed by atoms with Crippen LogP contribution in [-0.2, 0) is 13.1 Å². The minimum atomic E-state index is 0.728. The molecule has 0 atom stereocenters. The molecule has 0 aromatic carbocycles. The first-order valence-corrected chi connectivity index (χ1v) is 6.83. The maximum atomic E-state index is 5.60. The molecule has 2 aromatic rings. The summed E-state index contributed by atoms with van der Waals surface area (Å²) in [4.78, 5) is 2.38. The fourth-order valence-corrected chi connectivity index (χ4v) is 2.90. The van der Waals surface area contributed by atoms with E-state index in [0.717, 1.165) is 38.4 Å². The van der Waals surface area contributed by atoms with E-state index < -0.39 is 0 Å². The van der Waals surface area contributed by atoms with Gasteiger partial charge in [0.05, 0.1) is 17.9 Å². The van der Waals surface area contributed by atoms with Crippen LogP contribution in [0, 0.1) is 0 Å². The summed E-state index contributed by atoms with van der Waals surface area (Å²) in [5.41, 5.74) is 9.21. The molecule has 5 heteroatoms. The Morgan fingerprint density at radius 3 is 3.12 bits per heavy atom. The first-order chi connectivity index (χ1) is 8.36. The lowest BCUT2D eigenvalue weighted by molar-refractivity contribution is 0.219. The van der Waals surface area contributed by atoms with Crippen molar-refractivity contribution in [2.75, 3.05) is 19.6 Å². The summed E-state index contributed by atoms with van der Waals surface area (Å²) in [5.74, 6) is 0. The van der Waals surface area contributed by atoms with Crippen LogP contribution in [0.3, 0.4) is 0 Å². The highest BCUT2D eigenvalue weighted by Gasteiger charge is 2.18. The Morgan fingerprint density at radius 2 is 2.35 bits per heavy atom. The van der Waals surface area contributed by atoms with Crippen molar-refractivity contribution >= 4 is 11.3 Å². The van der Waals surface area contributed by atoms with Crippen LogP contribution in [0.1, 0.15) is 5.69 Å². The van der Waals surface area contributed by atoms with E-state index in [9.17, 15) is 0 Å². The number of rotatable bonds is 3. The third kappa shape index (κ3) is 2.13. The Hall–Kier alpha value is -1.17. The second-order valence-electron chi connectivity index (χ2n) is 4.32. The zero-order valence-corrected chi connectivity index (χ0v) is 10.5. The Labute approximate surface area is 105 Å². The molecule has 17 heavy (non-hydrogen) atoms. The number of fused-ring (bicyclic) bond motifs is 1. The topological polar surface area (TPSA) is 47.1 Å². The second kappa shape index (κ2) is 4.60. The van der Waals surface area contributed by atoms with Gasteiger partial charge in [-0.15, -0.1) is 0 Å². The third-order valence-electron chi connectivity index (χ3n) is 3.14. The molecule has 0 saturated carbocycles. The average Bonchev–Trinajstić information content (AvgIpc) is 2.97. The molecular weight excluding hydrogens is 232 g/mol. The van der Waals surface area contributed by atoms with E-state index in [2.05, 4.69) is 37.6 Å². The summed E-state index contributed by atoms with van der Waals surface area (Å²) >= 11 is 1.71. The lowest BCUT2D eigenvalue weighted by atomic mass is 10.2. The summed E-state index contributed by atoms with van der Waals surface area (Å²) in [6, 6.07) is 4.32. The third-order valence-corrected chi connectivity index (χ3v) is 3.82. The normalized spacial score (nSPS) is 16.1. The molecule has 0 amide bonds. The number of hydrogen-bond acceptors (Lipinski definition) is 4. The maximum Gasteiger partial charge on any atom is 0.0934 e. The van der Waals surface area contributed by atoms with Gasteiger partial charge >= 0.3 is 0 Å². The summed E-state index contributed by atoms with van der Waals surface area (Å²) in [6.45, 7) is 4.69. The number of hydrogen-bond donors (Lipinski definition) is 1. The quantitative estimate of drug-likeness (QED) is 0.893. The van der Waals surface area contributed by atoms with Crippen molar-refractivity contribution in [1.29, 1.82) is 0 Å². The van der Waals surface area contributed by atoms with E-state index in [1.165, 1.54) is 11.3 Å². The summed E-state index contributed by atoms with van der Waals surface area (Å²) < 4.78 is 2.13. The number of thiophene rings is 1. The van der Waals surface area contributed by atoms with E-state index in [0.29, 0.717) is 0 Å². The highest BCUT2D eigenvalue weighted by Crippen LogP contribution is 2.23. The Kier molecular flexibility index (Phi) is 2.96. The lowest BCUT2D eigenvalue weighted by Gasteiger charge is -2.26. The zero-order chi connectivity index (χ0) is 11.7. The molecule has 0 unspecified atom stereocenters. The molecule has 0 saturated heterocycles. The largest absolute Gasteiger partial charge is 0.329 e. The molecule has 3 heterocycles. The Bertz CT molecular complexity index is 489. The Morgan fingerprint density at radius 1 is 1.41 bits per heavy atom. The molecule has 0 spiro atoms. The van der Waals surface area contributed by atoms with Crippen LogP contribution in [0.5, 0.6) is 0 Å². The van der Waals surface area contributed by atoms with Crippen molar-refractivity contribution in [2.24, 2.45) is 5.73 Å². The van der Waals surface area contributed by atoms with Gasteiger partial charge in [0.1, 0.15) is 0 Å². The molecule has 1 aliphatic heterocycles. The van der Waals surface area contributed by atoms with Gasteiger partial charge < -0.3 is 5.73 Å². The van der Waals surface area contributed by atoms with Gasteiger partial charge in [-0.2, -0.15) is 16.4 Å². The lowest BCUT2D eigenvalue weighted by Crippen LogP contribution is -2.36. The standard InChI is InChI=1S/C12H16N4S/c13-2-3-15-4-5-16-11(8-15)7-12(14-16)10-1-6-17-9-10/h1,6-7,9H,2-5,8,13H2. The minimum absolute atomic E-state index is 0.728. The molecule has 4 nitrogen and oxygen atoms in total. The van der Waals surface area contributed by atoms with E-state index in [-0.39, 0.29) is 0 Å². The molecule has 3 rings (SSSR count). The van der Waals surface area contributed by atoms with Crippen LogP contribution in [-0.4, -0.2) is 34.3 Å². The monoisotopic (exact) mass is 248 g/mol. The molecule has 2 N–H and O–H groups in total. The maximum absolute atomic E-state index is 5.60. The first-order valence-electron chi connectivity index (χ1n) is 5.88. The first kappa shape index (κ1) is 11.0. The van der Waals surface area contributed by atoms with E-state index >= 15 is 0 Å². The van der Waals surface area contributed by atoms with Crippen LogP contribution in [0.25, 0.3) is 11.3 Å². The molecular formula is C12H16N4S. The fourth-order valence-electron chi connectivity index (χ4n) is 2.25. The second-order valence-corrected chi connectivity index (χ2v) is 5.10. The zero-order valence-electron chi connectivity index (χ0n) is 9.67. The van der Waals surface area contributed by atoms with Crippen molar-refractivity contribution in [1.82, 2.24) is 14.7 Å². The van der Waals surface area contributed by atoms with Gasteiger partial charge in [-0.05, 0) is 17.5 Å². The summed E-state index contributed by atoms with van der Waals surface area (Å²) in [7, 11) is 0. The Balaban J connectivity index is 1.84. The minimum Gasteiger partial charge on any atom is -0.329 e. The van der Waals surface area contributed by atoms with Crippen LogP contribution in [0.4, 0.5) is 0 Å². The molecule has 90 valence electrons. The van der Waals surface area contributed by atoms with Crippen molar-refractivity contribution in [3.05, 3.63) is 28.6 Å². The van der Waals surface area contributed by atoms with Crippen LogP contribution in [0.15, 0.2) is 22.9 Å². The van der Waals surface area contributed by atoms with Gasteiger partial charge in [-0.3, -0.25) is 9.58 Å². The van der Waals surface area contributed by atoms with Crippen LogP contribution in [0.2, 0.25) is 0 Å². The van der Waals surface area contributed by atoms with E-state index in [1.54, 1.807) is 11.3 Å². The highest BCUT2D eigenvalue weighted by atomic mass is 32.1. The summed E-state index contributed by atoms with van der Waals surface area (Å²) in [6.07, 6.45) is 0. The molecule has 1 aliphatic rings. The smallest absolute Gasteiger partial charge is 0.0934 e. The number of nitrogens with two attached hydrogens (primary N) is 1. The van der Waals surface area contributed by atoms with Gasteiger partial charge in [-0.1, -0.05) is 0 Å². The predicted octanol–water partition coefficient (Wildman–Crippen LogP) is 1.39. The molecule has 0 bridgehead atoms. The van der Waals surface area contributed by atoms with Gasteiger partial charge in [0.15, 0.2) is 0 Å². The number of aromatic nitrogens is 2. The average molecular weight is 248 g/mol. The fraction of sp³-hybridized carbons (Fsp3) is 0.417. The molecule has 0 radical (unpaired) electrons. The van der Waals surface area contributed by atoms with Crippen molar-refractivity contribution in [2.45, 2.75) is 13.1 Å². The molecule has 0 fully saturated rings. The van der Waals surface area contributed by atoms with Gasteiger partial charge in [0, 0.05) is 37.1 Å². The molecule has 2 aromatic heterocycles. The van der Waals surface area contributed by atoms with Crippen molar-refractivity contribution in [3.63, 3.8) is 0 Å². The van der Waals surface area contributed by atoms with Crippen LogP contribution >= 0.6 is 11.3 Å². The number of nitrogens with zero attached hydrogens (tertiary/aromatic N) is 3. The van der Waals surface area contributed by atoms with Gasteiger partial charge in [0.25, 0.3) is 0 Å². The summed E-state index contributed by atoms with van der Waals surface area (Å²) in [5, 5.41) is 8.89. The highest BCUT2D eigenvalue weighted by molar-refractivity contribution is 7.08. The van der Waals surface area contributed by atoms with Gasteiger partial charge in [-0.25, -0.2) is 0 Å². The van der Waals surface area contributed by atoms with E-state index in [4.69, 9.17) is 5.73 Å². The molecule has 0 aliphatic carbocycles. The predicted molar refractivity (Wildman–Crippen MR) is 69.9 cm³/mol. The van der Waals surface area contributed by atoms with E-state index in [1.807, 2.05) is 0 Å². The SMILES string of the molecule is NCCN1CCn2nc(-c3ccsc3)cc2C1. The van der Waals surface area contributed by atoms with Crippen molar-refractivity contribution < 1.29 is 0 Å².